The molecule has 0 spiro atoms. The SMILES string of the molecule is Cc1ccc(-c2cnc(C(F)(F)F)nc2NC2CCCC2)cc1. The summed E-state index contributed by atoms with van der Waals surface area (Å²) in [7, 11) is 0. The van der Waals surface area contributed by atoms with E-state index in [1.807, 2.05) is 31.2 Å². The normalized spacial score (nSPS) is 15.8. The summed E-state index contributed by atoms with van der Waals surface area (Å²) >= 11 is 0. The lowest BCUT2D eigenvalue weighted by molar-refractivity contribution is -0.144. The molecule has 1 aromatic heterocycles. The van der Waals surface area contributed by atoms with Crippen molar-refractivity contribution in [3.05, 3.63) is 41.9 Å². The zero-order valence-corrected chi connectivity index (χ0v) is 12.8. The lowest BCUT2D eigenvalue weighted by atomic mass is 10.1. The third-order valence-corrected chi connectivity index (χ3v) is 4.10. The highest BCUT2D eigenvalue weighted by Crippen LogP contribution is 2.33. The zero-order valence-electron chi connectivity index (χ0n) is 12.8. The molecule has 2 aromatic rings. The van der Waals surface area contributed by atoms with E-state index in [0.29, 0.717) is 5.56 Å². The predicted molar refractivity (Wildman–Crippen MR) is 83.1 cm³/mol. The molecular weight excluding hydrogens is 303 g/mol. The summed E-state index contributed by atoms with van der Waals surface area (Å²) in [5.74, 6) is -0.836. The van der Waals surface area contributed by atoms with Crippen molar-refractivity contribution < 1.29 is 13.2 Å². The Hall–Kier alpha value is -2.11. The molecule has 23 heavy (non-hydrogen) atoms. The lowest BCUT2D eigenvalue weighted by Gasteiger charge is -2.17. The summed E-state index contributed by atoms with van der Waals surface area (Å²) in [6, 6.07) is 7.77. The van der Waals surface area contributed by atoms with E-state index in [1.54, 1.807) is 0 Å². The van der Waals surface area contributed by atoms with Crippen molar-refractivity contribution in [1.29, 1.82) is 0 Å². The van der Waals surface area contributed by atoms with Gasteiger partial charge in [-0.25, -0.2) is 9.97 Å². The highest BCUT2D eigenvalue weighted by molar-refractivity contribution is 5.74. The van der Waals surface area contributed by atoms with Crippen LogP contribution in [-0.2, 0) is 6.18 Å². The number of benzene rings is 1. The summed E-state index contributed by atoms with van der Waals surface area (Å²) in [5.41, 5.74) is 2.50. The van der Waals surface area contributed by atoms with Crippen molar-refractivity contribution in [3.63, 3.8) is 0 Å². The summed E-state index contributed by atoms with van der Waals surface area (Å²) in [6.45, 7) is 1.96. The summed E-state index contributed by atoms with van der Waals surface area (Å²) < 4.78 is 38.7. The molecule has 0 atom stereocenters. The topological polar surface area (TPSA) is 37.8 Å². The maximum atomic E-state index is 12.9. The molecule has 122 valence electrons. The van der Waals surface area contributed by atoms with Crippen LogP contribution in [0.5, 0.6) is 0 Å². The average molecular weight is 321 g/mol. The smallest absolute Gasteiger partial charge is 0.367 e. The van der Waals surface area contributed by atoms with Gasteiger partial charge in [0.1, 0.15) is 5.82 Å². The minimum Gasteiger partial charge on any atom is -0.367 e. The predicted octanol–water partition coefficient (Wildman–Crippen LogP) is 4.83. The first-order valence-electron chi connectivity index (χ1n) is 7.71. The number of alkyl halides is 3. The van der Waals surface area contributed by atoms with E-state index in [-0.39, 0.29) is 11.9 Å². The second-order valence-electron chi connectivity index (χ2n) is 5.95. The van der Waals surface area contributed by atoms with Gasteiger partial charge >= 0.3 is 6.18 Å². The van der Waals surface area contributed by atoms with E-state index in [1.165, 1.54) is 6.20 Å². The lowest BCUT2D eigenvalue weighted by Crippen LogP contribution is -2.19. The van der Waals surface area contributed by atoms with Crippen LogP contribution in [0, 0.1) is 6.92 Å². The Morgan fingerprint density at radius 2 is 1.74 bits per heavy atom. The molecule has 1 N–H and O–H groups in total. The standard InChI is InChI=1S/C17H18F3N3/c1-11-6-8-12(9-7-11)14-10-21-16(17(18,19)20)23-15(14)22-13-4-2-3-5-13/h6-10,13H,2-5H2,1H3,(H,21,22,23). The van der Waals surface area contributed by atoms with Crippen molar-refractivity contribution in [2.45, 2.75) is 44.8 Å². The van der Waals surface area contributed by atoms with Gasteiger partial charge in [-0.15, -0.1) is 0 Å². The van der Waals surface area contributed by atoms with E-state index in [0.717, 1.165) is 36.8 Å². The van der Waals surface area contributed by atoms with Crippen molar-refractivity contribution in [2.75, 3.05) is 5.32 Å². The van der Waals surface area contributed by atoms with E-state index < -0.39 is 12.0 Å². The Kier molecular flexibility index (Phi) is 4.24. The van der Waals surface area contributed by atoms with Crippen LogP contribution in [0.4, 0.5) is 19.0 Å². The van der Waals surface area contributed by atoms with Gasteiger partial charge in [0.15, 0.2) is 0 Å². The van der Waals surface area contributed by atoms with Gasteiger partial charge in [0.25, 0.3) is 0 Å². The van der Waals surface area contributed by atoms with Crippen LogP contribution < -0.4 is 5.32 Å². The van der Waals surface area contributed by atoms with E-state index in [2.05, 4.69) is 15.3 Å². The second kappa shape index (κ2) is 6.18. The molecule has 1 aliphatic rings. The first-order valence-corrected chi connectivity index (χ1v) is 7.71. The largest absolute Gasteiger partial charge is 0.451 e. The van der Waals surface area contributed by atoms with Crippen LogP contribution in [-0.4, -0.2) is 16.0 Å². The van der Waals surface area contributed by atoms with Gasteiger partial charge in [-0.1, -0.05) is 42.7 Å². The van der Waals surface area contributed by atoms with Crippen LogP contribution in [0.25, 0.3) is 11.1 Å². The van der Waals surface area contributed by atoms with E-state index >= 15 is 0 Å². The average Bonchev–Trinajstić information content (AvgIpc) is 3.00. The Balaban J connectivity index is 2.00. The summed E-state index contributed by atoms with van der Waals surface area (Å²) in [6.07, 6.45) is 0.816. The molecule has 0 amide bonds. The molecule has 0 unspecified atom stereocenters. The molecule has 3 rings (SSSR count). The monoisotopic (exact) mass is 321 g/mol. The van der Waals surface area contributed by atoms with Gasteiger partial charge in [-0.05, 0) is 25.3 Å². The summed E-state index contributed by atoms with van der Waals surface area (Å²) in [5, 5.41) is 3.18. The van der Waals surface area contributed by atoms with E-state index in [9.17, 15) is 13.2 Å². The number of aryl methyl sites for hydroxylation is 1. The van der Waals surface area contributed by atoms with Crippen molar-refractivity contribution in [3.8, 4) is 11.1 Å². The Labute approximate surface area is 133 Å². The fraction of sp³-hybridized carbons (Fsp3) is 0.412. The molecule has 0 saturated heterocycles. The molecule has 0 aliphatic heterocycles. The highest BCUT2D eigenvalue weighted by Gasteiger charge is 2.35. The summed E-state index contributed by atoms with van der Waals surface area (Å²) in [4.78, 5) is 7.27. The molecule has 1 fully saturated rings. The van der Waals surface area contributed by atoms with Crippen LogP contribution in [0.1, 0.15) is 37.1 Å². The van der Waals surface area contributed by atoms with Crippen molar-refractivity contribution >= 4 is 5.82 Å². The molecular formula is C17H18F3N3. The Morgan fingerprint density at radius 1 is 1.09 bits per heavy atom. The fourth-order valence-electron chi connectivity index (χ4n) is 2.84. The second-order valence-corrected chi connectivity index (χ2v) is 5.95. The highest BCUT2D eigenvalue weighted by atomic mass is 19.4. The molecule has 0 radical (unpaired) electrons. The molecule has 1 heterocycles. The molecule has 1 saturated carbocycles. The molecule has 1 aliphatic carbocycles. The van der Waals surface area contributed by atoms with Gasteiger partial charge in [-0.3, -0.25) is 0 Å². The third-order valence-electron chi connectivity index (χ3n) is 4.10. The van der Waals surface area contributed by atoms with E-state index in [4.69, 9.17) is 0 Å². The number of hydrogen-bond acceptors (Lipinski definition) is 3. The third kappa shape index (κ3) is 3.63. The van der Waals surface area contributed by atoms with Gasteiger partial charge in [0, 0.05) is 17.8 Å². The minimum atomic E-state index is -4.54. The molecule has 3 nitrogen and oxygen atoms in total. The number of rotatable bonds is 3. The van der Waals surface area contributed by atoms with Crippen molar-refractivity contribution in [2.24, 2.45) is 0 Å². The van der Waals surface area contributed by atoms with Crippen LogP contribution >= 0.6 is 0 Å². The first-order chi connectivity index (χ1) is 10.9. The van der Waals surface area contributed by atoms with Gasteiger partial charge in [-0.2, -0.15) is 13.2 Å². The van der Waals surface area contributed by atoms with Crippen molar-refractivity contribution in [1.82, 2.24) is 9.97 Å². The number of aromatic nitrogens is 2. The quantitative estimate of drug-likeness (QED) is 0.880. The fourth-order valence-corrected chi connectivity index (χ4v) is 2.84. The Bertz CT molecular complexity index is 674. The number of nitrogens with one attached hydrogen (secondary N) is 1. The first kappa shape index (κ1) is 15.8. The number of halogens is 3. The van der Waals surface area contributed by atoms with Gasteiger partial charge in [0.05, 0.1) is 0 Å². The maximum Gasteiger partial charge on any atom is 0.451 e. The van der Waals surface area contributed by atoms with Crippen LogP contribution in [0.15, 0.2) is 30.5 Å². The van der Waals surface area contributed by atoms with Gasteiger partial charge in [0.2, 0.25) is 5.82 Å². The number of nitrogens with zero attached hydrogens (tertiary/aromatic N) is 2. The number of hydrogen-bond donors (Lipinski definition) is 1. The van der Waals surface area contributed by atoms with Gasteiger partial charge < -0.3 is 5.32 Å². The minimum absolute atomic E-state index is 0.176. The molecule has 6 heteroatoms. The molecule has 1 aromatic carbocycles. The maximum absolute atomic E-state index is 12.9. The number of anilines is 1. The Morgan fingerprint density at radius 3 is 2.35 bits per heavy atom. The zero-order chi connectivity index (χ0) is 16.4. The van der Waals surface area contributed by atoms with Crippen LogP contribution in [0.3, 0.4) is 0 Å². The molecule has 0 bridgehead atoms. The van der Waals surface area contributed by atoms with Crippen LogP contribution in [0.2, 0.25) is 0 Å².